The van der Waals surface area contributed by atoms with Gasteiger partial charge >= 0.3 is 0 Å². The summed E-state index contributed by atoms with van der Waals surface area (Å²) in [7, 11) is 2.21. The van der Waals surface area contributed by atoms with E-state index in [4.69, 9.17) is 6.42 Å². The van der Waals surface area contributed by atoms with Gasteiger partial charge in [-0.1, -0.05) is 5.92 Å². The monoisotopic (exact) mass is 223 g/mol. The van der Waals surface area contributed by atoms with Crippen molar-refractivity contribution >= 4 is 0 Å². The Kier molecular flexibility index (Phi) is 4.79. The highest BCUT2D eigenvalue weighted by Crippen LogP contribution is 2.20. The van der Waals surface area contributed by atoms with Crippen molar-refractivity contribution in [3.8, 4) is 12.3 Å². The number of rotatable bonds is 4. The van der Waals surface area contributed by atoms with E-state index in [1.807, 2.05) is 0 Å². The van der Waals surface area contributed by atoms with Crippen LogP contribution < -0.4 is 5.32 Å². The molecule has 92 valence electrons. The second kappa shape index (κ2) is 5.67. The van der Waals surface area contributed by atoms with E-state index in [1.165, 1.54) is 0 Å². The van der Waals surface area contributed by atoms with Gasteiger partial charge in [0.25, 0.3) is 0 Å². The average molecular weight is 223 g/mol. The third-order valence-corrected chi connectivity index (χ3v) is 3.64. The van der Waals surface area contributed by atoms with E-state index in [0.29, 0.717) is 12.6 Å². The quantitative estimate of drug-likeness (QED) is 0.557. The van der Waals surface area contributed by atoms with E-state index in [-0.39, 0.29) is 5.54 Å². The maximum absolute atomic E-state index is 5.22. The first-order valence-corrected chi connectivity index (χ1v) is 6.07. The molecular weight excluding hydrogens is 198 g/mol. The van der Waals surface area contributed by atoms with Crippen molar-refractivity contribution in [1.82, 2.24) is 15.1 Å². The molecule has 0 aliphatic carbocycles. The minimum absolute atomic E-state index is 0.276. The van der Waals surface area contributed by atoms with Crippen LogP contribution in [-0.2, 0) is 0 Å². The molecule has 1 fully saturated rings. The highest BCUT2D eigenvalue weighted by molar-refractivity contribution is 4.91. The number of piperazine rings is 1. The topological polar surface area (TPSA) is 18.5 Å². The Bertz CT molecular complexity index is 254. The molecule has 3 nitrogen and oxygen atoms in total. The maximum atomic E-state index is 5.22. The number of hydrogen-bond acceptors (Lipinski definition) is 3. The molecule has 1 aliphatic rings. The van der Waals surface area contributed by atoms with E-state index in [2.05, 4.69) is 48.9 Å². The Morgan fingerprint density at radius 2 is 2.12 bits per heavy atom. The summed E-state index contributed by atoms with van der Waals surface area (Å²) >= 11 is 0. The summed E-state index contributed by atoms with van der Waals surface area (Å²) in [6, 6.07) is 0.557. The zero-order chi connectivity index (χ0) is 12.2. The standard InChI is InChI=1S/C13H25N3/c1-6-7-14-10-12(2)16-9-8-15(5)13(3,4)11-16/h1,12,14H,7-11H2,2-5H3. The summed E-state index contributed by atoms with van der Waals surface area (Å²) in [5.41, 5.74) is 0.276. The van der Waals surface area contributed by atoms with Gasteiger partial charge in [-0.05, 0) is 27.8 Å². The van der Waals surface area contributed by atoms with Gasteiger partial charge in [0.05, 0.1) is 6.54 Å². The maximum Gasteiger partial charge on any atom is 0.0574 e. The van der Waals surface area contributed by atoms with Crippen molar-refractivity contribution in [2.45, 2.75) is 32.4 Å². The summed E-state index contributed by atoms with van der Waals surface area (Å²) in [6.07, 6.45) is 5.22. The summed E-state index contributed by atoms with van der Waals surface area (Å²) in [5, 5.41) is 3.28. The van der Waals surface area contributed by atoms with Crippen LogP contribution in [0.25, 0.3) is 0 Å². The van der Waals surface area contributed by atoms with Crippen molar-refractivity contribution in [3.63, 3.8) is 0 Å². The molecule has 0 spiro atoms. The lowest BCUT2D eigenvalue weighted by Gasteiger charge is -2.47. The fourth-order valence-electron chi connectivity index (χ4n) is 2.14. The van der Waals surface area contributed by atoms with Gasteiger partial charge < -0.3 is 5.32 Å². The van der Waals surface area contributed by atoms with E-state index in [1.54, 1.807) is 0 Å². The summed E-state index contributed by atoms with van der Waals surface area (Å²) in [4.78, 5) is 4.98. The summed E-state index contributed by atoms with van der Waals surface area (Å²) in [5.74, 6) is 2.61. The molecule has 1 atom stereocenters. The predicted octanol–water partition coefficient (Wildman–Crippen LogP) is 0.624. The summed E-state index contributed by atoms with van der Waals surface area (Å²) in [6.45, 7) is 11.9. The number of hydrogen-bond donors (Lipinski definition) is 1. The molecule has 0 bridgehead atoms. The van der Waals surface area contributed by atoms with E-state index < -0.39 is 0 Å². The molecule has 0 aromatic heterocycles. The van der Waals surface area contributed by atoms with Crippen LogP contribution in [0.1, 0.15) is 20.8 Å². The minimum Gasteiger partial charge on any atom is -0.305 e. The first kappa shape index (κ1) is 13.5. The first-order valence-electron chi connectivity index (χ1n) is 6.07. The Morgan fingerprint density at radius 1 is 1.44 bits per heavy atom. The molecule has 1 N–H and O–H groups in total. The van der Waals surface area contributed by atoms with E-state index in [9.17, 15) is 0 Å². The van der Waals surface area contributed by atoms with Crippen molar-refractivity contribution in [2.75, 3.05) is 39.8 Å². The zero-order valence-corrected chi connectivity index (χ0v) is 11.1. The molecule has 0 radical (unpaired) electrons. The minimum atomic E-state index is 0.276. The molecular formula is C13H25N3. The van der Waals surface area contributed by atoms with Gasteiger partial charge in [-0.2, -0.15) is 0 Å². The van der Waals surface area contributed by atoms with E-state index in [0.717, 1.165) is 26.2 Å². The van der Waals surface area contributed by atoms with Gasteiger partial charge in [-0.15, -0.1) is 6.42 Å². The fourth-order valence-corrected chi connectivity index (χ4v) is 2.14. The molecule has 0 aromatic rings. The normalized spacial score (nSPS) is 23.9. The number of likely N-dealkylation sites (N-methyl/N-ethyl adjacent to an activating group) is 1. The number of terminal acetylenes is 1. The predicted molar refractivity (Wildman–Crippen MR) is 69.4 cm³/mol. The Balaban J connectivity index is 2.40. The van der Waals surface area contributed by atoms with Crippen molar-refractivity contribution in [1.29, 1.82) is 0 Å². The Labute approximate surface area is 100 Å². The molecule has 1 unspecified atom stereocenters. The molecule has 0 amide bonds. The third-order valence-electron chi connectivity index (χ3n) is 3.64. The van der Waals surface area contributed by atoms with Crippen molar-refractivity contribution in [2.24, 2.45) is 0 Å². The van der Waals surface area contributed by atoms with Crippen molar-refractivity contribution in [3.05, 3.63) is 0 Å². The van der Waals surface area contributed by atoms with Crippen LogP contribution in [0.15, 0.2) is 0 Å². The largest absolute Gasteiger partial charge is 0.305 e. The van der Waals surface area contributed by atoms with Crippen LogP contribution in [0.2, 0.25) is 0 Å². The number of nitrogens with one attached hydrogen (secondary N) is 1. The molecule has 3 heteroatoms. The van der Waals surface area contributed by atoms with Gasteiger partial charge in [0, 0.05) is 37.8 Å². The van der Waals surface area contributed by atoms with Gasteiger partial charge in [0.2, 0.25) is 0 Å². The van der Waals surface area contributed by atoms with Crippen LogP contribution in [-0.4, -0.2) is 61.2 Å². The van der Waals surface area contributed by atoms with Gasteiger partial charge in [0.1, 0.15) is 0 Å². The Hall–Kier alpha value is -0.560. The second-order valence-corrected chi connectivity index (χ2v) is 5.39. The van der Waals surface area contributed by atoms with Gasteiger partial charge in [-0.3, -0.25) is 9.80 Å². The zero-order valence-electron chi connectivity index (χ0n) is 11.1. The highest BCUT2D eigenvalue weighted by atomic mass is 15.3. The first-order chi connectivity index (χ1) is 7.47. The smallest absolute Gasteiger partial charge is 0.0574 e. The fraction of sp³-hybridized carbons (Fsp3) is 0.846. The molecule has 16 heavy (non-hydrogen) atoms. The summed E-state index contributed by atoms with van der Waals surface area (Å²) < 4.78 is 0. The molecule has 1 aliphatic heterocycles. The Morgan fingerprint density at radius 3 is 2.69 bits per heavy atom. The van der Waals surface area contributed by atoms with E-state index >= 15 is 0 Å². The molecule has 1 heterocycles. The van der Waals surface area contributed by atoms with Crippen molar-refractivity contribution < 1.29 is 0 Å². The molecule has 1 saturated heterocycles. The second-order valence-electron chi connectivity index (χ2n) is 5.39. The van der Waals surface area contributed by atoms with Crippen LogP contribution in [0.4, 0.5) is 0 Å². The molecule has 0 aromatic carbocycles. The molecule has 1 rings (SSSR count). The van der Waals surface area contributed by atoms with Crippen LogP contribution in [0, 0.1) is 12.3 Å². The lowest BCUT2D eigenvalue weighted by molar-refractivity contribution is 0.0210. The SMILES string of the molecule is C#CCNCC(C)N1CCN(C)C(C)(C)C1. The lowest BCUT2D eigenvalue weighted by Crippen LogP contribution is -2.60. The van der Waals surface area contributed by atoms with Crippen LogP contribution in [0.3, 0.4) is 0 Å². The van der Waals surface area contributed by atoms with Crippen LogP contribution >= 0.6 is 0 Å². The van der Waals surface area contributed by atoms with Crippen LogP contribution in [0.5, 0.6) is 0 Å². The van der Waals surface area contributed by atoms with Gasteiger partial charge in [-0.25, -0.2) is 0 Å². The average Bonchev–Trinajstić information content (AvgIpc) is 2.22. The third kappa shape index (κ3) is 3.48. The highest BCUT2D eigenvalue weighted by Gasteiger charge is 2.32. The van der Waals surface area contributed by atoms with Gasteiger partial charge in [0.15, 0.2) is 0 Å². The number of nitrogens with zero attached hydrogens (tertiary/aromatic N) is 2. The lowest BCUT2D eigenvalue weighted by atomic mass is 9.98. The molecule has 0 saturated carbocycles.